The van der Waals surface area contributed by atoms with Gasteiger partial charge in [-0.2, -0.15) is 0 Å². The topological polar surface area (TPSA) is 95.7 Å². The summed E-state index contributed by atoms with van der Waals surface area (Å²) in [6.45, 7) is 4.69. The molecule has 1 aliphatic heterocycles. The van der Waals surface area contributed by atoms with Crippen LogP contribution in [0.15, 0.2) is 23.8 Å². The van der Waals surface area contributed by atoms with E-state index < -0.39 is 22.6 Å². The average Bonchev–Trinajstić information content (AvgIpc) is 2.41. The summed E-state index contributed by atoms with van der Waals surface area (Å²) in [6, 6.07) is 4.50. The van der Waals surface area contributed by atoms with Crippen LogP contribution in [-0.4, -0.2) is 22.6 Å². The molecule has 1 aliphatic rings. The van der Waals surface area contributed by atoms with Gasteiger partial charge in [0.05, 0.1) is 4.92 Å². The molecule has 0 N–H and O–H groups in total. The normalized spacial score (nSPS) is 16.8. The Morgan fingerprint density at radius 3 is 2.32 bits per heavy atom. The molecule has 1 saturated heterocycles. The number of rotatable bonds is 3. The summed E-state index contributed by atoms with van der Waals surface area (Å²) in [4.78, 5) is 34.2. The van der Waals surface area contributed by atoms with Crippen molar-refractivity contribution in [1.82, 2.24) is 0 Å². The van der Waals surface area contributed by atoms with Crippen molar-refractivity contribution in [2.75, 3.05) is 0 Å². The summed E-state index contributed by atoms with van der Waals surface area (Å²) in [5.41, 5.74) is 0.571. The first-order valence-electron chi connectivity index (χ1n) is 6.69. The Morgan fingerprint density at radius 2 is 1.82 bits per heavy atom. The van der Waals surface area contributed by atoms with Gasteiger partial charge in [0.25, 0.3) is 11.5 Å². The van der Waals surface area contributed by atoms with E-state index in [2.05, 4.69) is 0 Å². The largest absolute Gasteiger partial charge is 0.419 e. The van der Waals surface area contributed by atoms with Crippen LogP contribution < -0.4 is 0 Å². The summed E-state index contributed by atoms with van der Waals surface area (Å²) >= 11 is 0. The number of benzene rings is 1. The second-order valence-electron chi connectivity index (χ2n) is 5.24. The van der Waals surface area contributed by atoms with E-state index in [1.54, 1.807) is 19.1 Å². The molecule has 7 nitrogen and oxygen atoms in total. The van der Waals surface area contributed by atoms with Crippen molar-refractivity contribution in [3.63, 3.8) is 0 Å². The second-order valence-corrected chi connectivity index (χ2v) is 5.24. The van der Waals surface area contributed by atoms with E-state index in [1.165, 1.54) is 26.0 Å². The van der Waals surface area contributed by atoms with Gasteiger partial charge in [0, 0.05) is 25.5 Å². The smallest absolute Gasteiger partial charge is 0.348 e. The number of hydrogen-bond donors (Lipinski definition) is 0. The molecule has 0 bridgehead atoms. The first-order valence-corrected chi connectivity index (χ1v) is 6.69. The maximum Gasteiger partial charge on any atom is 0.348 e. The predicted octanol–water partition coefficient (Wildman–Crippen LogP) is 2.38. The van der Waals surface area contributed by atoms with Crippen LogP contribution in [0.25, 0.3) is 6.08 Å². The summed E-state index contributed by atoms with van der Waals surface area (Å²) < 4.78 is 9.93. The number of carbonyl (C=O) groups excluding carboxylic acids is 2. The molecule has 116 valence electrons. The Balaban J connectivity index is 2.41. The number of aryl methyl sites for hydroxylation is 1. The van der Waals surface area contributed by atoms with Crippen LogP contribution in [0.2, 0.25) is 0 Å². The highest BCUT2D eigenvalue weighted by atomic mass is 16.7. The number of nitro groups is 1. The lowest BCUT2D eigenvalue weighted by Crippen LogP contribution is -2.41. The molecule has 7 heteroatoms. The Bertz CT molecular complexity index is 667. The van der Waals surface area contributed by atoms with Crippen molar-refractivity contribution in [3.8, 4) is 0 Å². The van der Waals surface area contributed by atoms with Crippen LogP contribution in [0.3, 0.4) is 0 Å². The number of ether oxygens (including phenoxy) is 2. The minimum Gasteiger partial charge on any atom is -0.419 e. The Kier molecular flexibility index (Phi) is 3.99. The monoisotopic (exact) mass is 305 g/mol. The second kappa shape index (κ2) is 5.59. The van der Waals surface area contributed by atoms with Crippen molar-refractivity contribution in [2.45, 2.75) is 33.0 Å². The van der Waals surface area contributed by atoms with Gasteiger partial charge in [-0.3, -0.25) is 10.1 Å². The van der Waals surface area contributed by atoms with Gasteiger partial charge in [-0.05, 0) is 18.1 Å². The number of nitrogens with zero attached hydrogens (tertiary/aromatic N) is 1. The fourth-order valence-electron chi connectivity index (χ4n) is 2.08. The molecule has 0 spiro atoms. The number of nitro benzene ring substituents is 1. The summed E-state index contributed by atoms with van der Waals surface area (Å²) in [5, 5.41) is 11.0. The molecular formula is C15H15NO6. The van der Waals surface area contributed by atoms with Gasteiger partial charge < -0.3 is 9.47 Å². The molecule has 0 radical (unpaired) electrons. The van der Waals surface area contributed by atoms with Crippen LogP contribution in [0, 0.1) is 10.1 Å². The first-order chi connectivity index (χ1) is 10.2. The molecule has 0 atom stereocenters. The lowest BCUT2D eigenvalue weighted by atomic mass is 10.0. The summed E-state index contributed by atoms with van der Waals surface area (Å²) in [7, 11) is 0. The third-order valence-corrected chi connectivity index (χ3v) is 3.11. The summed E-state index contributed by atoms with van der Waals surface area (Å²) in [6.07, 6.45) is 1.73. The number of hydrogen-bond acceptors (Lipinski definition) is 6. The van der Waals surface area contributed by atoms with Crippen LogP contribution in [0.5, 0.6) is 0 Å². The molecule has 0 aromatic heterocycles. The molecule has 1 heterocycles. The third kappa shape index (κ3) is 3.13. The van der Waals surface area contributed by atoms with Crippen LogP contribution in [0.4, 0.5) is 5.69 Å². The predicted molar refractivity (Wildman–Crippen MR) is 76.7 cm³/mol. The van der Waals surface area contributed by atoms with E-state index >= 15 is 0 Å². The van der Waals surface area contributed by atoms with Crippen molar-refractivity contribution < 1.29 is 24.0 Å². The van der Waals surface area contributed by atoms with Crippen molar-refractivity contribution >= 4 is 23.7 Å². The fourth-order valence-corrected chi connectivity index (χ4v) is 2.08. The van der Waals surface area contributed by atoms with Crippen molar-refractivity contribution in [3.05, 3.63) is 45.0 Å². The lowest BCUT2D eigenvalue weighted by Gasteiger charge is -2.29. The Morgan fingerprint density at radius 1 is 1.23 bits per heavy atom. The average molecular weight is 305 g/mol. The molecule has 2 rings (SSSR count). The van der Waals surface area contributed by atoms with Gasteiger partial charge in [0.15, 0.2) is 0 Å². The molecule has 0 amide bonds. The number of cyclic esters (lactones) is 2. The van der Waals surface area contributed by atoms with Crippen LogP contribution in [0.1, 0.15) is 31.9 Å². The Hall–Kier alpha value is -2.70. The van der Waals surface area contributed by atoms with E-state index in [0.29, 0.717) is 17.5 Å². The molecule has 22 heavy (non-hydrogen) atoms. The van der Waals surface area contributed by atoms with Gasteiger partial charge in [-0.1, -0.05) is 19.1 Å². The lowest BCUT2D eigenvalue weighted by molar-refractivity contribution is -0.385. The number of esters is 2. The van der Waals surface area contributed by atoms with E-state index in [-0.39, 0.29) is 11.3 Å². The van der Waals surface area contributed by atoms with Gasteiger partial charge in [0.1, 0.15) is 5.57 Å². The van der Waals surface area contributed by atoms with E-state index in [4.69, 9.17) is 9.47 Å². The van der Waals surface area contributed by atoms with Crippen LogP contribution >= 0.6 is 0 Å². The molecule has 0 unspecified atom stereocenters. The van der Waals surface area contributed by atoms with Crippen molar-refractivity contribution in [2.24, 2.45) is 0 Å². The molecule has 1 aromatic rings. The zero-order valence-corrected chi connectivity index (χ0v) is 12.4. The highest BCUT2D eigenvalue weighted by Crippen LogP contribution is 2.26. The van der Waals surface area contributed by atoms with E-state index in [9.17, 15) is 19.7 Å². The zero-order chi connectivity index (χ0) is 16.5. The van der Waals surface area contributed by atoms with Gasteiger partial charge in [0.2, 0.25) is 0 Å². The van der Waals surface area contributed by atoms with Gasteiger partial charge >= 0.3 is 11.9 Å². The molecule has 0 aliphatic carbocycles. The third-order valence-electron chi connectivity index (χ3n) is 3.11. The highest BCUT2D eigenvalue weighted by molar-refractivity contribution is 6.18. The quantitative estimate of drug-likeness (QED) is 0.280. The fraction of sp³-hybridized carbons (Fsp3) is 0.333. The first kappa shape index (κ1) is 15.7. The van der Waals surface area contributed by atoms with E-state index in [1.807, 2.05) is 0 Å². The maximum absolute atomic E-state index is 11.8. The minimum atomic E-state index is -1.32. The highest BCUT2D eigenvalue weighted by Gasteiger charge is 2.38. The molecule has 0 saturated carbocycles. The zero-order valence-electron chi connectivity index (χ0n) is 12.4. The Labute approximate surface area is 126 Å². The molecule has 1 fully saturated rings. The minimum absolute atomic E-state index is 0.0604. The number of carbonyl (C=O) groups is 2. The standard InChI is InChI=1S/C15H15NO6/c1-4-10-6-5-9(8-12(10)16(19)20)7-11-13(17)21-15(2,3)22-14(11)18/h5-8H,4H2,1-3H3. The van der Waals surface area contributed by atoms with Crippen molar-refractivity contribution in [1.29, 1.82) is 0 Å². The molecule has 1 aromatic carbocycles. The molecular weight excluding hydrogens is 290 g/mol. The maximum atomic E-state index is 11.8. The van der Waals surface area contributed by atoms with Crippen LogP contribution in [-0.2, 0) is 25.5 Å². The SMILES string of the molecule is CCc1ccc(C=C2C(=O)OC(C)(C)OC2=O)cc1[N+](=O)[O-]. The summed E-state index contributed by atoms with van der Waals surface area (Å²) in [5.74, 6) is -2.95. The van der Waals surface area contributed by atoms with Gasteiger partial charge in [-0.25, -0.2) is 9.59 Å². The van der Waals surface area contributed by atoms with E-state index in [0.717, 1.165) is 0 Å². The van der Waals surface area contributed by atoms with Gasteiger partial charge in [-0.15, -0.1) is 0 Å².